The summed E-state index contributed by atoms with van der Waals surface area (Å²) < 4.78 is 13.8. The minimum Gasteiger partial charge on any atom is -0.309 e. The highest BCUT2D eigenvalue weighted by Gasteiger charge is 2.29. The minimum atomic E-state index is -0.570. The summed E-state index contributed by atoms with van der Waals surface area (Å²) >= 11 is 1.28. The highest BCUT2D eigenvalue weighted by Crippen LogP contribution is 2.36. The molecular formula is C21H18FN3O2S. The van der Waals surface area contributed by atoms with Crippen LogP contribution in [0.5, 0.6) is 0 Å². The van der Waals surface area contributed by atoms with Crippen LogP contribution in [0.15, 0.2) is 47.8 Å². The van der Waals surface area contributed by atoms with Crippen molar-refractivity contribution in [2.24, 2.45) is 0 Å². The number of benzene rings is 2. The van der Waals surface area contributed by atoms with E-state index in [1.807, 2.05) is 30.5 Å². The zero-order valence-electron chi connectivity index (χ0n) is 15.4. The Morgan fingerprint density at radius 2 is 2.04 bits per heavy atom. The molecule has 0 spiro atoms. The van der Waals surface area contributed by atoms with Crippen LogP contribution >= 0.6 is 11.3 Å². The SMILES string of the molecule is CC(=O)N1c2ccc(-c3csc(NC(=O)c4ccccc4F)n3)cc2CC1C. The maximum atomic E-state index is 13.8. The molecule has 7 heteroatoms. The van der Waals surface area contributed by atoms with Gasteiger partial charge in [0, 0.05) is 29.6 Å². The minimum absolute atomic E-state index is 0.0184. The highest BCUT2D eigenvalue weighted by molar-refractivity contribution is 7.14. The first kappa shape index (κ1) is 18.3. The van der Waals surface area contributed by atoms with Crippen LogP contribution in [-0.4, -0.2) is 22.8 Å². The summed E-state index contributed by atoms with van der Waals surface area (Å²) in [6, 6.07) is 11.9. The average molecular weight is 395 g/mol. The van der Waals surface area contributed by atoms with Gasteiger partial charge < -0.3 is 4.90 Å². The molecule has 1 unspecified atom stereocenters. The lowest BCUT2D eigenvalue weighted by atomic mass is 10.1. The maximum absolute atomic E-state index is 13.8. The Balaban J connectivity index is 1.56. The predicted octanol–water partition coefficient (Wildman–Crippen LogP) is 4.50. The van der Waals surface area contributed by atoms with Gasteiger partial charge >= 0.3 is 0 Å². The molecule has 3 aromatic rings. The highest BCUT2D eigenvalue weighted by atomic mass is 32.1. The second-order valence-electron chi connectivity index (χ2n) is 6.76. The molecule has 1 N–H and O–H groups in total. The number of thiazole rings is 1. The molecule has 2 amide bonds. The van der Waals surface area contributed by atoms with E-state index < -0.39 is 11.7 Å². The van der Waals surface area contributed by atoms with E-state index in [1.54, 1.807) is 17.9 Å². The molecule has 2 heterocycles. The number of hydrogen-bond acceptors (Lipinski definition) is 4. The Kier molecular flexibility index (Phi) is 4.68. The van der Waals surface area contributed by atoms with Crippen LogP contribution in [0.1, 0.15) is 29.8 Å². The first-order chi connectivity index (χ1) is 13.4. The summed E-state index contributed by atoms with van der Waals surface area (Å²) in [5.41, 5.74) is 3.66. The zero-order chi connectivity index (χ0) is 19.8. The van der Waals surface area contributed by atoms with Gasteiger partial charge in [-0.1, -0.05) is 18.2 Å². The van der Waals surface area contributed by atoms with Gasteiger partial charge in [0.15, 0.2) is 5.13 Å². The van der Waals surface area contributed by atoms with E-state index in [1.165, 1.54) is 29.5 Å². The van der Waals surface area contributed by atoms with Gasteiger partial charge in [-0.2, -0.15) is 0 Å². The van der Waals surface area contributed by atoms with Crippen LogP contribution in [0.25, 0.3) is 11.3 Å². The quantitative estimate of drug-likeness (QED) is 0.710. The van der Waals surface area contributed by atoms with Crippen molar-refractivity contribution in [2.45, 2.75) is 26.3 Å². The standard InChI is InChI=1S/C21H18FN3O2S/c1-12-9-15-10-14(7-8-19(15)25(12)13(2)26)18-11-28-21(23-18)24-20(27)16-5-3-4-6-17(16)22/h3-8,10-12H,9H2,1-2H3,(H,23,24,27). The summed E-state index contributed by atoms with van der Waals surface area (Å²) in [7, 11) is 0. The summed E-state index contributed by atoms with van der Waals surface area (Å²) in [6.45, 7) is 3.60. The van der Waals surface area contributed by atoms with E-state index in [0.29, 0.717) is 5.13 Å². The summed E-state index contributed by atoms with van der Waals surface area (Å²) in [5.74, 6) is -1.07. The number of nitrogens with one attached hydrogen (secondary N) is 1. The number of nitrogens with zero attached hydrogens (tertiary/aromatic N) is 2. The molecule has 2 aromatic carbocycles. The van der Waals surface area contributed by atoms with Crippen LogP contribution in [0.3, 0.4) is 0 Å². The molecule has 0 fully saturated rings. The fourth-order valence-corrected chi connectivity index (χ4v) is 4.26. The average Bonchev–Trinajstić information content (AvgIpc) is 3.24. The monoisotopic (exact) mass is 395 g/mol. The van der Waals surface area contributed by atoms with Crippen LogP contribution < -0.4 is 10.2 Å². The van der Waals surface area contributed by atoms with Gasteiger partial charge in [0.05, 0.1) is 11.3 Å². The van der Waals surface area contributed by atoms with Crippen LogP contribution in [0.2, 0.25) is 0 Å². The molecule has 0 radical (unpaired) electrons. The number of halogens is 1. The molecule has 0 bridgehead atoms. The van der Waals surface area contributed by atoms with Gasteiger partial charge in [0.1, 0.15) is 5.82 Å². The van der Waals surface area contributed by atoms with Gasteiger partial charge in [-0.15, -0.1) is 11.3 Å². The normalized spacial score (nSPS) is 15.4. The van der Waals surface area contributed by atoms with Crippen molar-refractivity contribution in [1.29, 1.82) is 0 Å². The number of rotatable bonds is 3. The molecule has 28 heavy (non-hydrogen) atoms. The van der Waals surface area contributed by atoms with Crippen molar-refractivity contribution >= 4 is 34.0 Å². The summed E-state index contributed by atoms with van der Waals surface area (Å²) in [4.78, 5) is 30.4. The number of hydrogen-bond donors (Lipinski definition) is 1. The topological polar surface area (TPSA) is 62.3 Å². The third kappa shape index (κ3) is 3.29. The van der Waals surface area contributed by atoms with Crippen LogP contribution in [-0.2, 0) is 11.2 Å². The van der Waals surface area contributed by atoms with E-state index >= 15 is 0 Å². The first-order valence-electron chi connectivity index (χ1n) is 8.88. The summed E-state index contributed by atoms with van der Waals surface area (Å²) in [6.07, 6.45) is 0.795. The van der Waals surface area contributed by atoms with Crippen molar-refractivity contribution < 1.29 is 14.0 Å². The van der Waals surface area contributed by atoms with Gasteiger partial charge in [0.2, 0.25) is 5.91 Å². The Bertz CT molecular complexity index is 1080. The first-order valence-corrected chi connectivity index (χ1v) is 9.76. The van der Waals surface area contributed by atoms with Gasteiger partial charge in [-0.05, 0) is 43.2 Å². The lowest BCUT2D eigenvalue weighted by Gasteiger charge is -2.20. The molecule has 0 saturated heterocycles. The van der Waals surface area contributed by atoms with E-state index in [-0.39, 0.29) is 17.5 Å². The molecule has 1 aliphatic rings. The van der Waals surface area contributed by atoms with E-state index in [4.69, 9.17) is 0 Å². The molecular weight excluding hydrogens is 377 g/mol. The predicted molar refractivity (Wildman–Crippen MR) is 108 cm³/mol. The molecule has 1 atom stereocenters. The maximum Gasteiger partial charge on any atom is 0.260 e. The van der Waals surface area contributed by atoms with Crippen LogP contribution in [0, 0.1) is 5.82 Å². The second kappa shape index (κ2) is 7.16. The lowest BCUT2D eigenvalue weighted by Crippen LogP contribution is -2.33. The van der Waals surface area contributed by atoms with Crippen LogP contribution in [0.4, 0.5) is 15.2 Å². The fraction of sp³-hybridized carbons (Fsp3) is 0.190. The van der Waals surface area contributed by atoms with Crippen molar-refractivity contribution in [1.82, 2.24) is 4.98 Å². The molecule has 0 aliphatic carbocycles. The van der Waals surface area contributed by atoms with E-state index in [2.05, 4.69) is 10.3 Å². The molecule has 4 rings (SSSR count). The second-order valence-corrected chi connectivity index (χ2v) is 7.62. The van der Waals surface area contributed by atoms with E-state index in [9.17, 15) is 14.0 Å². The van der Waals surface area contributed by atoms with Gasteiger partial charge in [-0.3, -0.25) is 14.9 Å². The smallest absolute Gasteiger partial charge is 0.260 e. The number of fused-ring (bicyclic) bond motifs is 1. The summed E-state index contributed by atoms with van der Waals surface area (Å²) in [5, 5.41) is 4.90. The number of amides is 2. The Hall–Kier alpha value is -3.06. The molecule has 5 nitrogen and oxygen atoms in total. The third-order valence-corrected chi connectivity index (χ3v) is 5.53. The molecule has 142 valence electrons. The van der Waals surface area contributed by atoms with Gasteiger partial charge in [-0.25, -0.2) is 9.37 Å². The molecule has 1 aliphatic heterocycles. The lowest BCUT2D eigenvalue weighted by molar-refractivity contribution is -0.116. The zero-order valence-corrected chi connectivity index (χ0v) is 16.2. The Labute approximate surface area is 165 Å². The number of carbonyl (C=O) groups excluding carboxylic acids is 2. The molecule has 0 saturated carbocycles. The van der Waals surface area contributed by atoms with Crippen molar-refractivity contribution in [2.75, 3.05) is 10.2 Å². The van der Waals surface area contributed by atoms with Gasteiger partial charge in [0.25, 0.3) is 5.91 Å². The fourth-order valence-electron chi connectivity index (χ4n) is 3.54. The number of anilines is 2. The van der Waals surface area contributed by atoms with E-state index in [0.717, 1.165) is 28.9 Å². The van der Waals surface area contributed by atoms with Crippen molar-refractivity contribution in [3.05, 3.63) is 64.8 Å². The number of carbonyl (C=O) groups is 2. The Morgan fingerprint density at radius 3 is 2.79 bits per heavy atom. The largest absolute Gasteiger partial charge is 0.309 e. The Morgan fingerprint density at radius 1 is 1.25 bits per heavy atom. The van der Waals surface area contributed by atoms with Crippen molar-refractivity contribution in [3.63, 3.8) is 0 Å². The third-order valence-electron chi connectivity index (χ3n) is 4.77. The van der Waals surface area contributed by atoms with Crippen molar-refractivity contribution in [3.8, 4) is 11.3 Å². The molecule has 1 aromatic heterocycles. The number of aromatic nitrogens is 1.